The highest BCUT2D eigenvalue weighted by Crippen LogP contribution is 2.44. The molecular formula is C12H14BrFN2O. The molecule has 1 aromatic carbocycles. The molecule has 0 bridgehead atoms. The van der Waals surface area contributed by atoms with Crippen LogP contribution in [0, 0.1) is 11.2 Å². The van der Waals surface area contributed by atoms with Gasteiger partial charge in [-0.1, -0.05) is 15.9 Å². The second-order valence-corrected chi connectivity index (χ2v) is 5.32. The van der Waals surface area contributed by atoms with Crippen LogP contribution < -0.4 is 11.1 Å². The number of nitrogens with two attached hydrogens (primary N) is 1. The van der Waals surface area contributed by atoms with E-state index in [2.05, 4.69) is 21.2 Å². The zero-order valence-electron chi connectivity index (χ0n) is 9.30. The molecular weight excluding hydrogens is 287 g/mol. The lowest BCUT2D eigenvalue weighted by Gasteiger charge is -2.13. The molecule has 0 atom stereocenters. The summed E-state index contributed by atoms with van der Waals surface area (Å²) in [6.45, 7) is 0.561. The largest absolute Gasteiger partial charge is 0.351 e. The lowest BCUT2D eigenvalue weighted by atomic mass is 10.1. The molecule has 3 N–H and O–H groups in total. The Labute approximate surface area is 108 Å². The van der Waals surface area contributed by atoms with Crippen LogP contribution in [0.5, 0.6) is 0 Å². The van der Waals surface area contributed by atoms with E-state index in [0.717, 1.165) is 17.3 Å². The van der Waals surface area contributed by atoms with Crippen LogP contribution in [0.15, 0.2) is 22.7 Å². The van der Waals surface area contributed by atoms with E-state index in [1.807, 2.05) is 0 Å². The standard InChI is InChI=1S/C12H14BrFN2O/c13-9-1-2-10(14)8(5-9)6-16-11(17)12(7-15)3-4-12/h1-2,5H,3-4,6-7,15H2,(H,16,17). The summed E-state index contributed by atoms with van der Waals surface area (Å²) in [6.07, 6.45) is 1.66. The summed E-state index contributed by atoms with van der Waals surface area (Å²) in [4.78, 5) is 11.8. The van der Waals surface area contributed by atoms with Crippen molar-refractivity contribution in [3.63, 3.8) is 0 Å². The maximum absolute atomic E-state index is 13.4. The molecule has 0 spiro atoms. The minimum Gasteiger partial charge on any atom is -0.351 e. The summed E-state index contributed by atoms with van der Waals surface area (Å²) in [5.41, 5.74) is 5.64. The Hall–Kier alpha value is -0.940. The summed E-state index contributed by atoms with van der Waals surface area (Å²) in [7, 11) is 0. The van der Waals surface area contributed by atoms with Gasteiger partial charge in [-0.15, -0.1) is 0 Å². The summed E-state index contributed by atoms with van der Waals surface area (Å²) in [5, 5.41) is 2.74. The van der Waals surface area contributed by atoms with Gasteiger partial charge in [0.1, 0.15) is 5.82 Å². The van der Waals surface area contributed by atoms with E-state index < -0.39 is 0 Å². The molecule has 3 nitrogen and oxygen atoms in total. The quantitative estimate of drug-likeness (QED) is 0.893. The van der Waals surface area contributed by atoms with Gasteiger partial charge in [-0.3, -0.25) is 4.79 Å². The van der Waals surface area contributed by atoms with E-state index in [4.69, 9.17) is 5.73 Å². The van der Waals surface area contributed by atoms with Crippen LogP contribution in [0.2, 0.25) is 0 Å². The van der Waals surface area contributed by atoms with Gasteiger partial charge in [0, 0.05) is 23.1 Å². The highest BCUT2D eigenvalue weighted by atomic mass is 79.9. The van der Waals surface area contributed by atoms with Crippen molar-refractivity contribution in [1.82, 2.24) is 5.32 Å². The number of amides is 1. The zero-order valence-corrected chi connectivity index (χ0v) is 10.9. The van der Waals surface area contributed by atoms with Crippen LogP contribution >= 0.6 is 15.9 Å². The Bertz CT molecular complexity index is 446. The van der Waals surface area contributed by atoms with Crippen molar-refractivity contribution in [2.75, 3.05) is 6.54 Å². The Morgan fingerprint density at radius 1 is 1.53 bits per heavy atom. The first-order valence-electron chi connectivity index (χ1n) is 5.50. The Morgan fingerprint density at radius 3 is 2.82 bits per heavy atom. The van der Waals surface area contributed by atoms with Gasteiger partial charge in [0.05, 0.1) is 5.41 Å². The monoisotopic (exact) mass is 300 g/mol. The van der Waals surface area contributed by atoms with Crippen molar-refractivity contribution in [2.45, 2.75) is 19.4 Å². The summed E-state index contributed by atoms with van der Waals surface area (Å²) in [6, 6.07) is 4.67. The first-order valence-corrected chi connectivity index (χ1v) is 6.29. The smallest absolute Gasteiger partial charge is 0.227 e. The van der Waals surface area contributed by atoms with E-state index in [9.17, 15) is 9.18 Å². The summed E-state index contributed by atoms with van der Waals surface area (Å²) >= 11 is 3.27. The molecule has 0 saturated heterocycles. The molecule has 1 aromatic rings. The van der Waals surface area contributed by atoms with Gasteiger partial charge in [-0.05, 0) is 31.0 Å². The van der Waals surface area contributed by atoms with E-state index in [-0.39, 0.29) is 23.7 Å². The first kappa shape index (κ1) is 12.5. The van der Waals surface area contributed by atoms with Gasteiger partial charge >= 0.3 is 0 Å². The van der Waals surface area contributed by atoms with E-state index in [1.54, 1.807) is 12.1 Å². The van der Waals surface area contributed by atoms with E-state index >= 15 is 0 Å². The summed E-state index contributed by atoms with van der Waals surface area (Å²) < 4.78 is 14.2. The molecule has 1 saturated carbocycles. The van der Waals surface area contributed by atoms with Crippen molar-refractivity contribution in [3.05, 3.63) is 34.1 Å². The van der Waals surface area contributed by atoms with Gasteiger partial charge in [0.25, 0.3) is 0 Å². The SMILES string of the molecule is NCC1(C(=O)NCc2cc(Br)ccc2F)CC1. The lowest BCUT2D eigenvalue weighted by Crippen LogP contribution is -2.36. The predicted octanol–water partition coefficient (Wildman–Crippen LogP) is 1.94. The number of carbonyl (C=O) groups excluding carboxylic acids is 1. The molecule has 0 radical (unpaired) electrons. The number of nitrogens with one attached hydrogen (secondary N) is 1. The maximum Gasteiger partial charge on any atom is 0.227 e. The van der Waals surface area contributed by atoms with Crippen LogP contribution in [0.25, 0.3) is 0 Å². The van der Waals surface area contributed by atoms with Gasteiger partial charge < -0.3 is 11.1 Å². The van der Waals surface area contributed by atoms with Crippen molar-refractivity contribution in [1.29, 1.82) is 0 Å². The minimum atomic E-state index is -0.386. The second kappa shape index (κ2) is 4.74. The van der Waals surface area contributed by atoms with Crippen LogP contribution in [0.4, 0.5) is 4.39 Å². The molecule has 1 amide bonds. The highest BCUT2D eigenvalue weighted by molar-refractivity contribution is 9.10. The molecule has 0 unspecified atom stereocenters. The Balaban J connectivity index is 1.98. The first-order chi connectivity index (χ1) is 8.07. The highest BCUT2D eigenvalue weighted by Gasteiger charge is 2.48. The number of carbonyl (C=O) groups is 1. The normalized spacial score (nSPS) is 16.6. The molecule has 1 fully saturated rings. The topological polar surface area (TPSA) is 55.1 Å². The van der Waals surface area contributed by atoms with Crippen molar-refractivity contribution in [3.8, 4) is 0 Å². The molecule has 0 heterocycles. The number of halogens is 2. The van der Waals surface area contributed by atoms with Crippen molar-refractivity contribution in [2.24, 2.45) is 11.1 Å². The number of rotatable bonds is 4. The van der Waals surface area contributed by atoms with Gasteiger partial charge in [0.15, 0.2) is 0 Å². The van der Waals surface area contributed by atoms with Crippen LogP contribution in [0.1, 0.15) is 18.4 Å². The number of hydrogen-bond acceptors (Lipinski definition) is 2. The van der Waals surface area contributed by atoms with Gasteiger partial charge in [0.2, 0.25) is 5.91 Å². The number of benzene rings is 1. The van der Waals surface area contributed by atoms with Gasteiger partial charge in [-0.2, -0.15) is 0 Å². The molecule has 17 heavy (non-hydrogen) atoms. The molecule has 0 aliphatic heterocycles. The zero-order chi connectivity index (χ0) is 12.5. The van der Waals surface area contributed by atoms with Crippen LogP contribution in [-0.4, -0.2) is 12.5 Å². The molecule has 2 rings (SSSR count). The summed E-state index contributed by atoms with van der Waals surface area (Å²) in [5.74, 6) is -0.384. The minimum absolute atomic E-state index is 0.0700. The Morgan fingerprint density at radius 2 is 2.24 bits per heavy atom. The third kappa shape index (κ3) is 2.66. The van der Waals surface area contributed by atoms with Crippen molar-refractivity contribution >= 4 is 21.8 Å². The second-order valence-electron chi connectivity index (χ2n) is 4.40. The maximum atomic E-state index is 13.4. The molecule has 1 aliphatic carbocycles. The fourth-order valence-corrected chi connectivity index (χ4v) is 2.13. The fourth-order valence-electron chi connectivity index (χ4n) is 1.72. The Kier molecular flexibility index (Phi) is 3.49. The lowest BCUT2D eigenvalue weighted by molar-refractivity contribution is -0.126. The molecule has 1 aliphatic rings. The van der Waals surface area contributed by atoms with Gasteiger partial charge in [-0.25, -0.2) is 4.39 Å². The van der Waals surface area contributed by atoms with Crippen LogP contribution in [-0.2, 0) is 11.3 Å². The number of hydrogen-bond donors (Lipinski definition) is 2. The van der Waals surface area contributed by atoms with E-state index in [0.29, 0.717) is 12.1 Å². The predicted molar refractivity (Wildman–Crippen MR) is 66.7 cm³/mol. The van der Waals surface area contributed by atoms with E-state index in [1.165, 1.54) is 6.07 Å². The molecule has 0 aromatic heterocycles. The third-order valence-corrected chi connectivity index (χ3v) is 3.67. The molecule has 5 heteroatoms. The molecule has 92 valence electrons. The fraction of sp³-hybridized carbons (Fsp3) is 0.417. The third-order valence-electron chi connectivity index (χ3n) is 3.17. The average Bonchev–Trinajstić information content (AvgIpc) is 3.11. The van der Waals surface area contributed by atoms with Crippen LogP contribution in [0.3, 0.4) is 0 Å². The van der Waals surface area contributed by atoms with Crippen molar-refractivity contribution < 1.29 is 9.18 Å². The average molecular weight is 301 g/mol.